The molecule has 1 aliphatic carbocycles. The molecule has 0 aliphatic heterocycles. The number of nitrogens with one attached hydrogen (secondary N) is 1. The van der Waals surface area contributed by atoms with Gasteiger partial charge in [0.25, 0.3) is 5.91 Å². The highest BCUT2D eigenvalue weighted by Crippen LogP contribution is 2.31. The van der Waals surface area contributed by atoms with Crippen molar-refractivity contribution in [1.82, 2.24) is 14.7 Å². The highest BCUT2D eigenvalue weighted by molar-refractivity contribution is 5.95. The zero-order valence-corrected chi connectivity index (χ0v) is 17.5. The number of amides is 1. The highest BCUT2D eigenvalue weighted by atomic mass is 19.4. The number of ether oxygens (including phenoxy) is 1. The predicted molar refractivity (Wildman–Crippen MR) is 111 cm³/mol. The van der Waals surface area contributed by atoms with Crippen LogP contribution in [-0.4, -0.2) is 39.6 Å². The summed E-state index contributed by atoms with van der Waals surface area (Å²) in [6.45, 7) is -0.578. The van der Waals surface area contributed by atoms with Crippen molar-refractivity contribution in [2.24, 2.45) is 0 Å². The average Bonchev–Trinajstić information content (AvgIpc) is 3.18. The molecule has 0 bridgehead atoms. The number of hydrogen-bond acceptors (Lipinski definition) is 4. The molecule has 174 valence electrons. The van der Waals surface area contributed by atoms with E-state index in [1.807, 2.05) is 0 Å². The van der Waals surface area contributed by atoms with E-state index in [1.54, 1.807) is 40.9 Å². The average molecular weight is 463 g/mol. The standard InChI is InChI=1S/C23H21F4N3O3/c24-16-9-7-15(8-10-16)18-17-6-2-5-13-30(17)19(28-18)20(31)29-22(11-3-1-4-12-22)14-33-21(32)23(25,26)27/h2,5-10,13H,1,3-4,11-12,14H2,(H,29,31). The molecule has 1 fully saturated rings. The summed E-state index contributed by atoms with van der Waals surface area (Å²) in [4.78, 5) is 29.0. The van der Waals surface area contributed by atoms with E-state index in [1.165, 1.54) is 12.1 Å². The van der Waals surface area contributed by atoms with Gasteiger partial charge in [0.05, 0.1) is 16.7 Å². The Labute approximate surface area is 186 Å². The first-order valence-electron chi connectivity index (χ1n) is 10.5. The first kappa shape index (κ1) is 22.8. The molecule has 1 aliphatic rings. The molecule has 6 nitrogen and oxygen atoms in total. The minimum absolute atomic E-state index is 0.0250. The van der Waals surface area contributed by atoms with Crippen molar-refractivity contribution in [3.05, 3.63) is 60.3 Å². The van der Waals surface area contributed by atoms with Gasteiger partial charge in [0.2, 0.25) is 5.82 Å². The molecule has 0 saturated heterocycles. The van der Waals surface area contributed by atoms with Crippen molar-refractivity contribution < 1.29 is 31.9 Å². The number of hydrogen-bond donors (Lipinski definition) is 1. The van der Waals surface area contributed by atoms with E-state index >= 15 is 0 Å². The topological polar surface area (TPSA) is 72.7 Å². The van der Waals surface area contributed by atoms with Gasteiger partial charge in [-0.15, -0.1) is 0 Å². The number of aromatic nitrogens is 2. The molecule has 0 unspecified atom stereocenters. The van der Waals surface area contributed by atoms with Crippen molar-refractivity contribution in [2.75, 3.05) is 6.61 Å². The molecule has 33 heavy (non-hydrogen) atoms. The molecule has 0 atom stereocenters. The summed E-state index contributed by atoms with van der Waals surface area (Å²) in [5, 5.41) is 2.79. The number of halogens is 4. The van der Waals surface area contributed by atoms with E-state index in [2.05, 4.69) is 15.0 Å². The van der Waals surface area contributed by atoms with Crippen LogP contribution in [0, 0.1) is 5.82 Å². The van der Waals surface area contributed by atoms with Gasteiger partial charge in [-0.05, 0) is 49.2 Å². The summed E-state index contributed by atoms with van der Waals surface area (Å²) in [6, 6.07) is 10.9. The Morgan fingerprint density at radius 2 is 1.76 bits per heavy atom. The van der Waals surface area contributed by atoms with E-state index in [-0.39, 0.29) is 5.82 Å². The Morgan fingerprint density at radius 3 is 2.42 bits per heavy atom. The van der Waals surface area contributed by atoms with Gasteiger partial charge < -0.3 is 10.1 Å². The largest absolute Gasteiger partial charge is 0.490 e. The second-order valence-corrected chi connectivity index (χ2v) is 8.12. The maximum absolute atomic E-state index is 13.4. The van der Waals surface area contributed by atoms with E-state index in [0.717, 1.165) is 6.42 Å². The van der Waals surface area contributed by atoms with Crippen LogP contribution in [0.5, 0.6) is 0 Å². The zero-order valence-electron chi connectivity index (χ0n) is 17.5. The Bertz CT molecular complexity index is 1170. The number of benzene rings is 1. The second-order valence-electron chi connectivity index (χ2n) is 8.12. The molecule has 3 aromatic rings. The summed E-state index contributed by atoms with van der Waals surface area (Å²) in [5.41, 5.74) is 0.551. The maximum atomic E-state index is 13.4. The first-order valence-corrected chi connectivity index (χ1v) is 10.5. The van der Waals surface area contributed by atoms with Crippen LogP contribution < -0.4 is 5.32 Å². The number of rotatable bonds is 5. The monoisotopic (exact) mass is 463 g/mol. The van der Waals surface area contributed by atoms with Crippen LogP contribution >= 0.6 is 0 Å². The van der Waals surface area contributed by atoms with Crippen LogP contribution in [-0.2, 0) is 9.53 Å². The maximum Gasteiger partial charge on any atom is 0.490 e. The normalized spacial score (nSPS) is 15.9. The molecule has 0 radical (unpaired) electrons. The number of imidazole rings is 1. The van der Waals surface area contributed by atoms with Crippen LogP contribution in [0.15, 0.2) is 48.7 Å². The molecular formula is C23H21F4N3O3. The lowest BCUT2D eigenvalue weighted by Gasteiger charge is -2.37. The van der Waals surface area contributed by atoms with E-state index in [9.17, 15) is 27.2 Å². The molecular weight excluding hydrogens is 442 g/mol. The Hall–Kier alpha value is -3.43. The summed E-state index contributed by atoms with van der Waals surface area (Å²) in [7, 11) is 0. The van der Waals surface area contributed by atoms with Crippen LogP contribution in [0.4, 0.5) is 17.6 Å². The minimum atomic E-state index is -5.11. The molecule has 1 N–H and O–H groups in total. The first-order chi connectivity index (χ1) is 15.7. The third-order valence-corrected chi connectivity index (χ3v) is 5.77. The number of esters is 1. The molecule has 4 rings (SSSR count). The van der Waals surface area contributed by atoms with E-state index < -0.39 is 36.0 Å². The van der Waals surface area contributed by atoms with Gasteiger partial charge in [0.1, 0.15) is 12.4 Å². The number of carbonyl (C=O) groups is 2. The number of pyridine rings is 1. The minimum Gasteiger partial charge on any atom is -0.457 e. The molecule has 10 heteroatoms. The van der Waals surface area contributed by atoms with Crippen molar-refractivity contribution in [3.8, 4) is 11.3 Å². The SMILES string of the molecule is O=C(NC1(COC(=O)C(F)(F)F)CCCCC1)c1nc(-c2ccc(F)cc2)c2ccccn12. The van der Waals surface area contributed by atoms with Gasteiger partial charge in [0, 0.05) is 11.8 Å². The zero-order chi connectivity index (χ0) is 23.6. The summed E-state index contributed by atoms with van der Waals surface area (Å²) < 4.78 is 57.3. The fourth-order valence-electron chi connectivity index (χ4n) is 4.13. The van der Waals surface area contributed by atoms with Crippen LogP contribution in [0.25, 0.3) is 16.8 Å². The van der Waals surface area contributed by atoms with E-state index in [4.69, 9.17) is 0 Å². The van der Waals surface area contributed by atoms with Gasteiger partial charge in [0.15, 0.2) is 0 Å². The number of alkyl halides is 3. The summed E-state index contributed by atoms with van der Waals surface area (Å²) >= 11 is 0. The van der Waals surface area contributed by atoms with Crippen LogP contribution in [0.3, 0.4) is 0 Å². The van der Waals surface area contributed by atoms with Crippen molar-refractivity contribution in [3.63, 3.8) is 0 Å². The van der Waals surface area contributed by atoms with Gasteiger partial charge in [-0.1, -0.05) is 25.3 Å². The smallest absolute Gasteiger partial charge is 0.457 e. The third kappa shape index (κ3) is 4.84. The van der Waals surface area contributed by atoms with Gasteiger partial charge in [-0.25, -0.2) is 14.2 Å². The van der Waals surface area contributed by atoms with Crippen LogP contribution in [0.2, 0.25) is 0 Å². The van der Waals surface area contributed by atoms with Gasteiger partial charge in [-0.3, -0.25) is 9.20 Å². The van der Waals surface area contributed by atoms with Crippen LogP contribution in [0.1, 0.15) is 42.7 Å². The molecule has 1 aromatic carbocycles. The fourth-order valence-corrected chi connectivity index (χ4v) is 4.13. The predicted octanol–water partition coefficient (Wildman–Crippen LogP) is 4.68. The van der Waals surface area contributed by atoms with Crippen molar-refractivity contribution >= 4 is 17.4 Å². The lowest BCUT2D eigenvalue weighted by molar-refractivity contribution is -0.201. The molecule has 1 amide bonds. The van der Waals surface area contributed by atoms with Crippen molar-refractivity contribution in [2.45, 2.75) is 43.8 Å². The Balaban J connectivity index is 1.64. The summed E-state index contributed by atoms with van der Waals surface area (Å²) in [5.74, 6) is -3.27. The molecule has 2 aromatic heterocycles. The fraction of sp³-hybridized carbons (Fsp3) is 0.348. The molecule has 0 spiro atoms. The number of nitrogens with zero attached hydrogens (tertiary/aromatic N) is 2. The quantitative estimate of drug-likeness (QED) is 0.441. The highest BCUT2D eigenvalue weighted by Gasteiger charge is 2.44. The van der Waals surface area contributed by atoms with E-state index in [0.29, 0.717) is 42.5 Å². The van der Waals surface area contributed by atoms with Crippen molar-refractivity contribution in [1.29, 1.82) is 0 Å². The molecule has 1 saturated carbocycles. The Morgan fingerprint density at radius 1 is 1.06 bits per heavy atom. The number of fused-ring (bicyclic) bond motifs is 1. The second kappa shape index (κ2) is 8.84. The lowest BCUT2D eigenvalue weighted by atomic mass is 9.82. The molecule has 2 heterocycles. The lowest BCUT2D eigenvalue weighted by Crippen LogP contribution is -2.54. The summed E-state index contributed by atoms with van der Waals surface area (Å²) in [6.07, 6.45) is -0.507. The Kier molecular flexibility index (Phi) is 6.09. The number of carbonyl (C=O) groups excluding carboxylic acids is 2. The van der Waals surface area contributed by atoms with Gasteiger partial charge >= 0.3 is 12.1 Å². The third-order valence-electron chi connectivity index (χ3n) is 5.77. The van der Waals surface area contributed by atoms with Gasteiger partial charge in [-0.2, -0.15) is 13.2 Å².